The molecule has 5 nitrogen and oxygen atoms in total. The van der Waals surface area contributed by atoms with Crippen LogP contribution in [0.1, 0.15) is 23.7 Å². The van der Waals surface area contributed by atoms with Crippen molar-refractivity contribution in [3.63, 3.8) is 0 Å². The molecule has 1 atom stereocenters. The number of carbonyl (C=O) groups excluding carboxylic acids is 1. The Morgan fingerprint density at radius 2 is 2.00 bits per heavy atom. The third-order valence-corrected chi connectivity index (χ3v) is 3.67. The van der Waals surface area contributed by atoms with E-state index in [2.05, 4.69) is 20.4 Å². The maximum absolute atomic E-state index is 12.2. The summed E-state index contributed by atoms with van der Waals surface area (Å²) < 4.78 is 28.7. The summed E-state index contributed by atoms with van der Waals surface area (Å²) in [5.41, 5.74) is 3.16. The fraction of sp³-hybridized carbons (Fsp3) is 0.333. The van der Waals surface area contributed by atoms with E-state index < -0.39 is 6.61 Å². The van der Waals surface area contributed by atoms with E-state index in [9.17, 15) is 13.6 Å². The molecule has 0 spiro atoms. The van der Waals surface area contributed by atoms with Crippen LogP contribution < -0.4 is 15.4 Å². The van der Waals surface area contributed by atoms with Gasteiger partial charge in [-0.15, -0.1) is 0 Å². The van der Waals surface area contributed by atoms with Crippen LogP contribution in [0.3, 0.4) is 0 Å². The monoisotopic (exact) mass is 349 g/mol. The van der Waals surface area contributed by atoms with Crippen LogP contribution >= 0.6 is 0 Å². The smallest absolute Gasteiger partial charge is 0.387 e. The summed E-state index contributed by atoms with van der Waals surface area (Å²) >= 11 is 0. The summed E-state index contributed by atoms with van der Waals surface area (Å²) in [6.45, 7) is 2.69. The lowest BCUT2D eigenvalue weighted by Crippen LogP contribution is -2.37. The fourth-order valence-corrected chi connectivity index (χ4v) is 2.41. The number of ether oxygens (including phenoxy) is 1. The standard InChI is InChI=1S/C18H21F2N3O2/c1-11-5-4-8-21-16(11)10-13(3)22-18(24)23-15-7-6-14(9-12(15)2)25-17(19)20/h4-9,13,17H,10H2,1-3H3,(H2,22,23,24)/t13-/m1/s1. The molecule has 25 heavy (non-hydrogen) atoms. The predicted molar refractivity (Wildman–Crippen MR) is 92.1 cm³/mol. The van der Waals surface area contributed by atoms with Crippen molar-refractivity contribution in [2.75, 3.05) is 5.32 Å². The van der Waals surface area contributed by atoms with Crippen molar-refractivity contribution < 1.29 is 18.3 Å². The van der Waals surface area contributed by atoms with Gasteiger partial charge in [0.25, 0.3) is 0 Å². The Bertz CT molecular complexity index is 738. The molecule has 1 heterocycles. The topological polar surface area (TPSA) is 63.2 Å². The highest BCUT2D eigenvalue weighted by Crippen LogP contribution is 2.22. The first kappa shape index (κ1) is 18.6. The van der Waals surface area contributed by atoms with E-state index in [0.717, 1.165) is 11.3 Å². The number of nitrogens with one attached hydrogen (secondary N) is 2. The van der Waals surface area contributed by atoms with Gasteiger partial charge in [-0.2, -0.15) is 8.78 Å². The largest absolute Gasteiger partial charge is 0.435 e. The molecule has 2 aromatic rings. The van der Waals surface area contributed by atoms with Gasteiger partial charge in [-0.3, -0.25) is 4.98 Å². The Hall–Kier alpha value is -2.70. The predicted octanol–water partition coefficient (Wildman–Crippen LogP) is 4.05. The molecule has 7 heteroatoms. The third-order valence-electron chi connectivity index (χ3n) is 3.67. The maximum atomic E-state index is 12.2. The van der Waals surface area contributed by atoms with Crippen molar-refractivity contribution in [2.45, 2.75) is 39.8 Å². The lowest BCUT2D eigenvalue weighted by molar-refractivity contribution is -0.0498. The van der Waals surface area contributed by atoms with Gasteiger partial charge >= 0.3 is 12.6 Å². The van der Waals surface area contributed by atoms with E-state index in [1.807, 2.05) is 26.0 Å². The highest BCUT2D eigenvalue weighted by atomic mass is 19.3. The molecule has 2 amide bonds. The van der Waals surface area contributed by atoms with Crippen molar-refractivity contribution in [1.82, 2.24) is 10.3 Å². The van der Waals surface area contributed by atoms with Gasteiger partial charge in [-0.25, -0.2) is 4.79 Å². The summed E-state index contributed by atoms with van der Waals surface area (Å²) in [5.74, 6) is 0.0532. The molecule has 0 unspecified atom stereocenters. The van der Waals surface area contributed by atoms with Gasteiger partial charge in [0.2, 0.25) is 0 Å². The zero-order chi connectivity index (χ0) is 18.4. The Balaban J connectivity index is 1.92. The molecule has 0 aliphatic rings. The second-order valence-corrected chi connectivity index (χ2v) is 5.83. The van der Waals surface area contributed by atoms with Crippen molar-refractivity contribution in [2.24, 2.45) is 0 Å². The van der Waals surface area contributed by atoms with Crippen LogP contribution in [-0.2, 0) is 6.42 Å². The van der Waals surface area contributed by atoms with Crippen LogP contribution in [0.2, 0.25) is 0 Å². The molecule has 0 aliphatic carbocycles. The number of halogens is 2. The fourth-order valence-electron chi connectivity index (χ4n) is 2.41. The number of nitrogens with zero attached hydrogens (tertiary/aromatic N) is 1. The van der Waals surface area contributed by atoms with Crippen molar-refractivity contribution in [1.29, 1.82) is 0 Å². The minimum Gasteiger partial charge on any atom is -0.435 e. The zero-order valence-electron chi connectivity index (χ0n) is 14.3. The molecule has 0 saturated carbocycles. The molecule has 2 rings (SSSR count). The van der Waals surface area contributed by atoms with Gasteiger partial charge in [0.05, 0.1) is 0 Å². The summed E-state index contributed by atoms with van der Waals surface area (Å²) in [6.07, 6.45) is 2.34. The lowest BCUT2D eigenvalue weighted by atomic mass is 10.1. The highest BCUT2D eigenvalue weighted by molar-refractivity contribution is 5.90. The van der Waals surface area contributed by atoms with Crippen molar-refractivity contribution >= 4 is 11.7 Å². The van der Waals surface area contributed by atoms with Gasteiger partial charge in [0.15, 0.2) is 0 Å². The Labute approximate surface area is 145 Å². The van der Waals surface area contributed by atoms with Gasteiger partial charge in [0, 0.05) is 30.0 Å². The van der Waals surface area contributed by atoms with E-state index in [1.165, 1.54) is 18.2 Å². The molecule has 134 valence electrons. The second kappa shape index (κ2) is 8.41. The summed E-state index contributed by atoms with van der Waals surface area (Å²) in [4.78, 5) is 16.4. The minimum absolute atomic E-state index is 0.0532. The van der Waals surface area contributed by atoms with Crippen LogP contribution in [0.25, 0.3) is 0 Å². The first-order valence-electron chi connectivity index (χ1n) is 7.88. The Morgan fingerprint density at radius 3 is 2.64 bits per heavy atom. The number of anilines is 1. The number of aryl methyl sites for hydroxylation is 2. The summed E-state index contributed by atoms with van der Waals surface area (Å²) in [5, 5.41) is 5.55. The summed E-state index contributed by atoms with van der Waals surface area (Å²) in [7, 11) is 0. The number of amides is 2. The lowest BCUT2D eigenvalue weighted by Gasteiger charge is -2.16. The average molecular weight is 349 g/mol. The molecule has 0 fully saturated rings. The number of hydrogen-bond acceptors (Lipinski definition) is 3. The molecule has 1 aromatic heterocycles. The number of hydrogen-bond donors (Lipinski definition) is 2. The first-order chi connectivity index (χ1) is 11.8. The van der Waals surface area contributed by atoms with Crippen molar-refractivity contribution in [3.8, 4) is 5.75 Å². The normalized spacial score (nSPS) is 11.9. The van der Waals surface area contributed by atoms with Gasteiger partial charge in [-0.1, -0.05) is 6.07 Å². The molecule has 0 saturated heterocycles. The molecular formula is C18H21F2N3O2. The van der Waals surface area contributed by atoms with Crippen LogP contribution in [0.4, 0.5) is 19.3 Å². The van der Waals surface area contributed by atoms with E-state index in [-0.39, 0.29) is 17.8 Å². The van der Waals surface area contributed by atoms with E-state index in [1.54, 1.807) is 13.1 Å². The quantitative estimate of drug-likeness (QED) is 0.827. The number of carbonyl (C=O) groups is 1. The summed E-state index contributed by atoms with van der Waals surface area (Å²) in [6, 6.07) is 7.72. The molecule has 0 aliphatic heterocycles. The molecule has 0 bridgehead atoms. The van der Waals surface area contributed by atoms with Gasteiger partial charge in [0.1, 0.15) is 5.75 Å². The number of aromatic nitrogens is 1. The molecule has 2 N–H and O–H groups in total. The second-order valence-electron chi connectivity index (χ2n) is 5.83. The van der Waals surface area contributed by atoms with Crippen LogP contribution in [0.5, 0.6) is 5.75 Å². The minimum atomic E-state index is -2.88. The third kappa shape index (κ3) is 5.70. The number of rotatable bonds is 6. The maximum Gasteiger partial charge on any atom is 0.387 e. The van der Waals surface area contributed by atoms with E-state index >= 15 is 0 Å². The molecule has 1 aromatic carbocycles. The number of pyridine rings is 1. The first-order valence-corrected chi connectivity index (χ1v) is 7.88. The van der Waals surface area contributed by atoms with Crippen LogP contribution in [-0.4, -0.2) is 23.7 Å². The number of alkyl halides is 2. The van der Waals surface area contributed by atoms with Crippen molar-refractivity contribution in [3.05, 3.63) is 53.3 Å². The van der Waals surface area contributed by atoms with E-state index in [0.29, 0.717) is 17.7 Å². The SMILES string of the molecule is Cc1cc(OC(F)F)ccc1NC(=O)N[C@H](C)Cc1ncccc1C. The molecule has 0 radical (unpaired) electrons. The van der Waals surface area contributed by atoms with Crippen LogP contribution in [0, 0.1) is 13.8 Å². The van der Waals surface area contributed by atoms with Gasteiger partial charge in [-0.05, 0) is 56.2 Å². The average Bonchev–Trinajstić information content (AvgIpc) is 2.51. The number of urea groups is 1. The Morgan fingerprint density at radius 1 is 1.24 bits per heavy atom. The number of benzene rings is 1. The Kier molecular flexibility index (Phi) is 6.27. The highest BCUT2D eigenvalue weighted by Gasteiger charge is 2.12. The molecular weight excluding hydrogens is 328 g/mol. The van der Waals surface area contributed by atoms with E-state index in [4.69, 9.17) is 0 Å². The van der Waals surface area contributed by atoms with Gasteiger partial charge < -0.3 is 15.4 Å². The van der Waals surface area contributed by atoms with Crippen LogP contribution in [0.15, 0.2) is 36.5 Å². The zero-order valence-corrected chi connectivity index (χ0v) is 14.3.